The Balaban J connectivity index is 1.60. The van der Waals surface area contributed by atoms with Crippen LogP contribution in [0.25, 0.3) is 11.5 Å². The molecular weight excluding hydrogens is 333 g/mol. The lowest BCUT2D eigenvalue weighted by Crippen LogP contribution is -2.34. The molecule has 0 amide bonds. The van der Waals surface area contributed by atoms with Crippen LogP contribution in [-0.2, 0) is 0 Å². The van der Waals surface area contributed by atoms with Gasteiger partial charge in [-0.2, -0.15) is 13.2 Å². The molecule has 1 saturated heterocycles. The second-order valence-electron chi connectivity index (χ2n) is 5.40. The van der Waals surface area contributed by atoms with Crippen LogP contribution in [0.5, 0.6) is 0 Å². The van der Waals surface area contributed by atoms with E-state index in [0.29, 0.717) is 29.4 Å². The van der Waals surface area contributed by atoms with E-state index in [0.717, 1.165) is 0 Å². The van der Waals surface area contributed by atoms with Gasteiger partial charge in [-0.1, -0.05) is 22.8 Å². The highest BCUT2D eigenvalue weighted by molar-refractivity contribution is 6.30. The third kappa shape index (κ3) is 4.35. The van der Waals surface area contributed by atoms with Crippen LogP contribution in [0.2, 0.25) is 5.02 Å². The zero-order valence-corrected chi connectivity index (χ0v) is 12.7. The van der Waals surface area contributed by atoms with Crippen molar-refractivity contribution in [1.82, 2.24) is 15.1 Å². The first-order valence-electron chi connectivity index (χ1n) is 7.04. The summed E-state index contributed by atoms with van der Waals surface area (Å²) in [6.07, 6.45) is -3.59. The molecule has 0 bridgehead atoms. The number of hydrogen-bond acceptors (Lipinski definition) is 5. The minimum absolute atomic E-state index is 0.148. The van der Waals surface area contributed by atoms with Crippen molar-refractivity contribution in [3.05, 3.63) is 29.3 Å². The van der Waals surface area contributed by atoms with Crippen LogP contribution >= 0.6 is 11.6 Å². The number of anilines is 1. The van der Waals surface area contributed by atoms with Crippen molar-refractivity contribution in [2.45, 2.75) is 18.6 Å². The predicted molar refractivity (Wildman–Crippen MR) is 79.3 cm³/mol. The van der Waals surface area contributed by atoms with E-state index < -0.39 is 12.7 Å². The van der Waals surface area contributed by atoms with Crippen LogP contribution < -0.4 is 5.32 Å². The SMILES string of the molecule is FC(F)(F)CN1CC[C@H](Nc2nnc(-c3cccc(Cl)c3)o2)C1. The Morgan fingerprint density at radius 2 is 2.17 bits per heavy atom. The summed E-state index contributed by atoms with van der Waals surface area (Å²) in [4.78, 5) is 1.35. The molecule has 5 nitrogen and oxygen atoms in total. The number of benzene rings is 1. The van der Waals surface area contributed by atoms with E-state index in [1.54, 1.807) is 24.3 Å². The molecule has 0 spiro atoms. The van der Waals surface area contributed by atoms with E-state index in [1.807, 2.05) is 0 Å². The van der Waals surface area contributed by atoms with Crippen LogP contribution in [-0.4, -0.2) is 46.9 Å². The quantitative estimate of drug-likeness (QED) is 0.919. The molecule has 23 heavy (non-hydrogen) atoms. The number of halogens is 4. The molecule has 0 unspecified atom stereocenters. The number of alkyl halides is 3. The van der Waals surface area contributed by atoms with Crippen molar-refractivity contribution in [2.75, 3.05) is 25.0 Å². The highest BCUT2D eigenvalue weighted by Gasteiger charge is 2.34. The molecule has 1 aromatic carbocycles. The Labute approximate surface area is 135 Å². The summed E-state index contributed by atoms with van der Waals surface area (Å²) in [5.41, 5.74) is 0.683. The Morgan fingerprint density at radius 3 is 2.91 bits per heavy atom. The highest BCUT2D eigenvalue weighted by atomic mass is 35.5. The van der Waals surface area contributed by atoms with Crippen molar-refractivity contribution < 1.29 is 17.6 Å². The molecule has 1 N–H and O–H groups in total. The first-order chi connectivity index (χ1) is 10.9. The molecule has 1 aromatic heterocycles. The standard InChI is InChI=1S/C14H14ClF3N4O/c15-10-3-1-2-9(6-10)12-20-21-13(23-12)19-11-4-5-22(7-11)8-14(16,17)18/h1-3,6,11H,4-5,7-8H2,(H,19,21)/t11-/m0/s1. The maximum absolute atomic E-state index is 12.4. The maximum Gasteiger partial charge on any atom is 0.401 e. The number of hydrogen-bond donors (Lipinski definition) is 1. The van der Waals surface area contributed by atoms with Gasteiger partial charge in [0, 0.05) is 29.7 Å². The van der Waals surface area contributed by atoms with Gasteiger partial charge in [0.2, 0.25) is 5.89 Å². The van der Waals surface area contributed by atoms with Crippen molar-refractivity contribution >= 4 is 17.6 Å². The molecule has 2 aromatic rings. The van der Waals surface area contributed by atoms with Crippen molar-refractivity contribution in [3.8, 4) is 11.5 Å². The normalized spacial score (nSPS) is 19.2. The molecule has 1 aliphatic rings. The number of aromatic nitrogens is 2. The largest absolute Gasteiger partial charge is 0.403 e. The van der Waals surface area contributed by atoms with E-state index in [2.05, 4.69) is 15.5 Å². The predicted octanol–water partition coefficient (Wildman–Crippen LogP) is 3.44. The monoisotopic (exact) mass is 346 g/mol. The fourth-order valence-corrected chi connectivity index (χ4v) is 2.73. The third-order valence-electron chi connectivity index (χ3n) is 3.50. The second kappa shape index (κ2) is 6.37. The van der Waals surface area contributed by atoms with Gasteiger partial charge in [-0.25, -0.2) is 0 Å². The zero-order chi connectivity index (χ0) is 16.4. The fourth-order valence-electron chi connectivity index (χ4n) is 2.54. The first-order valence-corrected chi connectivity index (χ1v) is 7.42. The van der Waals surface area contributed by atoms with E-state index in [-0.39, 0.29) is 18.6 Å². The average Bonchev–Trinajstić information content (AvgIpc) is 3.07. The fraction of sp³-hybridized carbons (Fsp3) is 0.429. The molecule has 0 saturated carbocycles. The van der Waals surface area contributed by atoms with Gasteiger partial charge < -0.3 is 9.73 Å². The topological polar surface area (TPSA) is 54.2 Å². The van der Waals surface area contributed by atoms with E-state index in [4.69, 9.17) is 16.0 Å². The van der Waals surface area contributed by atoms with Gasteiger partial charge in [0.25, 0.3) is 0 Å². The summed E-state index contributed by atoms with van der Waals surface area (Å²) in [6.45, 7) is -0.233. The number of nitrogens with zero attached hydrogens (tertiary/aromatic N) is 3. The Hall–Kier alpha value is -1.80. The minimum atomic E-state index is -4.18. The van der Waals surface area contributed by atoms with Crippen LogP contribution in [0.1, 0.15) is 6.42 Å². The summed E-state index contributed by atoms with van der Waals surface area (Å²) in [5.74, 6) is 0.306. The molecule has 1 aliphatic heterocycles. The summed E-state index contributed by atoms with van der Waals surface area (Å²) >= 11 is 5.90. The van der Waals surface area contributed by atoms with Gasteiger partial charge in [0.1, 0.15) is 0 Å². The third-order valence-corrected chi connectivity index (χ3v) is 3.73. The molecule has 1 atom stereocenters. The second-order valence-corrected chi connectivity index (χ2v) is 5.84. The number of nitrogens with one attached hydrogen (secondary N) is 1. The van der Waals surface area contributed by atoms with Gasteiger partial charge in [-0.3, -0.25) is 4.90 Å². The van der Waals surface area contributed by atoms with Gasteiger partial charge in [0.15, 0.2) is 0 Å². The molecule has 3 rings (SSSR count). The molecule has 0 radical (unpaired) electrons. The van der Waals surface area contributed by atoms with Gasteiger partial charge >= 0.3 is 12.2 Å². The summed E-state index contributed by atoms with van der Waals surface area (Å²) in [7, 11) is 0. The van der Waals surface area contributed by atoms with Crippen molar-refractivity contribution in [2.24, 2.45) is 0 Å². The number of likely N-dealkylation sites (tertiary alicyclic amines) is 1. The minimum Gasteiger partial charge on any atom is -0.403 e. The average molecular weight is 347 g/mol. The Morgan fingerprint density at radius 1 is 1.35 bits per heavy atom. The molecule has 1 fully saturated rings. The molecule has 0 aliphatic carbocycles. The van der Waals surface area contributed by atoms with Crippen LogP contribution in [0.4, 0.5) is 19.2 Å². The Kier molecular flexibility index (Phi) is 4.45. The van der Waals surface area contributed by atoms with Gasteiger partial charge in [0.05, 0.1) is 6.54 Å². The Bertz CT molecular complexity index is 676. The van der Waals surface area contributed by atoms with Crippen LogP contribution in [0.15, 0.2) is 28.7 Å². The zero-order valence-electron chi connectivity index (χ0n) is 12.0. The molecular formula is C14H14ClF3N4O. The lowest BCUT2D eigenvalue weighted by Gasteiger charge is -2.17. The molecule has 124 valence electrons. The van der Waals surface area contributed by atoms with Crippen molar-refractivity contribution in [1.29, 1.82) is 0 Å². The van der Waals surface area contributed by atoms with Gasteiger partial charge in [-0.05, 0) is 24.6 Å². The van der Waals surface area contributed by atoms with Crippen LogP contribution in [0, 0.1) is 0 Å². The maximum atomic E-state index is 12.4. The molecule has 2 heterocycles. The lowest BCUT2D eigenvalue weighted by atomic mass is 10.2. The first kappa shape index (κ1) is 16.1. The van der Waals surface area contributed by atoms with E-state index >= 15 is 0 Å². The highest BCUT2D eigenvalue weighted by Crippen LogP contribution is 2.25. The smallest absolute Gasteiger partial charge is 0.401 e. The van der Waals surface area contributed by atoms with Gasteiger partial charge in [-0.15, -0.1) is 5.10 Å². The van der Waals surface area contributed by atoms with Crippen LogP contribution in [0.3, 0.4) is 0 Å². The summed E-state index contributed by atoms with van der Waals surface area (Å²) < 4.78 is 42.6. The summed E-state index contributed by atoms with van der Waals surface area (Å²) in [5, 5.41) is 11.3. The van der Waals surface area contributed by atoms with Crippen molar-refractivity contribution in [3.63, 3.8) is 0 Å². The van der Waals surface area contributed by atoms with E-state index in [9.17, 15) is 13.2 Å². The number of rotatable bonds is 4. The molecule has 9 heteroatoms. The summed E-state index contributed by atoms with van der Waals surface area (Å²) in [6, 6.07) is 7.02. The lowest BCUT2D eigenvalue weighted by molar-refractivity contribution is -0.143. The van der Waals surface area contributed by atoms with E-state index in [1.165, 1.54) is 4.90 Å².